The average Bonchev–Trinajstić information content (AvgIpc) is 3.14. The van der Waals surface area contributed by atoms with Crippen molar-refractivity contribution in [2.75, 3.05) is 19.5 Å². The van der Waals surface area contributed by atoms with E-state index in [9.17, 15) is 19.1 Å². The predicted octanol–water partition coefficient (Wildman–Crippen LogP) is 1.40. The molecule has 1 amide bonds. The van der Waals surface area contributed by atoms with Gasteiger partial charge >= 0.3 is 0 Å². The number of hydrogen-bond acceptors (Lipinski definition) is 6. The molecule has 144 valence electrons. The number of nitrogens with zero attached hydrogens (tertiary/aromatic N) is 2. The molecule has 3 rings (SSSR count). The van der Waals surface area contributed by atoms with E-state index in [1.165, 1.54) is 35.9 Å². The van der Waals surface area contributed by atoms with Crippen LogP contribution in [0, 0.1) is 5.82 Å². The molecule has 0 radical (unpaired) electrons. The summed E-state index contributed by atoms with van der Waals surface area (Å²) in [6.07, 6.45) is 1.95. The minimum absolute atomic E-state index is 0.114. The number of amides is 1. The number of aromatic nitrogens is 2. The highest BCUT2D eigenvalue weighted by Crippen LogP contribution is 2.32. The Labute approximate surface area is 159 Å². The van der Waals surface area contributed by atoms with Crippen LogP contribution in [0.15, 0.2) is 29.1 Å². The van der Waals surface area contributed by atoms with Gasteiger partial charge in [-0.05, 0) is 24.0 Å². The molecule has 2 atom stereocenters. The lowest BCUT2D eigenvalue weighted by atomic mass is 10.1. The molecule has 0 bridgehead atoms. The molecular formula is C18H20FN3O4S. The molecule has 1 fully saturated rings. The van der Waals surface area contributed by atoms with E-state index < -0.39 is 17.2 Å². The summed E-state index contributed by atoms with van der Waals surface area (Å²) >= 11 is 1.60. The fraction of sp³-hybridized carbons (Fsp3) is 0.389. The van der Waals surface area contributed by atoms with Crippen LogP contribution in [0.5, 0.6) is 5.75 Å². The number of carbonyl (C=O) groups is 1. The van der Waals surface area contributed by atoms with Crippen molar-refractivity contribution in [2.45, 2.75) is 17.7 Å². The molecule has 0 unspecified atom stereocenters. The predicted molar refractivity (Wildman–Crippen MR) is 99.6 cm³/mol. The molecule has 9 heteroatoms. The summed E-state index contributed by atoms with van der Waals surface area (Å²) in [6, 6.07) is 5.65. The highest BCUT2D eigenvalue weighted by Gasteiger charge is 2.33. The van der Waals surface area contributed by atoms with Crippen molar-refractivity contribution in [1.29, 1.82) is 0 Å². The van der Waals surface area contributed by atoms with Gasteiger partial charge in [0.05, 0.1) is 19.1 Å². The topological polar surface area (TPSA) is 93.5 Å². The maximum absolute atomic E-state index is 13.0. The van der Waals surface area contributed by atoms with Crippen LogP contribution in [0.2, 0.25) is 0 Å². The lowest BCUT2D eigenvalue weighted by Crippen LogP contribution is -2.32. The summed E-state index contributed by atoms with van der Waals surface area (Å²) in [5.41, 5.74) is -0.319. The molecule has 1 aliphatic heterocycles. The Morgan fingerprint density at radius 3 is 2.78 bits per heavy atom. The van der Waals surface area contributed by atoms with Crippen LogP contribution in [-0.2, 0) is 18.3 Å². The van der Waals surface area contributed by atoms with E-state index in [0.29, 0.717) is 24.6 Å². The Hall–Kier alpha value is -2.39. The van der Waals surface area contributed by atoms with Crippen LogP contribution in [0.4, 0.5) is 4.39 Å². The van der Waals surface area contributed by atoms with Gasteiger partial charge in [-0.2, -0.15) is 11.8 Å². The number of aromatic hydroxyl groups is 1. The third-order valence-corrected chi connectivity index (χ3v) is 5.62. The van der Waals surface area contributed by atoms with Crippen molar-refractivity contribution in [3.63, 3.8) is 0 Å². The van der Waals surface area contributed by atoms with Gasteiger partial charge in [0.25, 0.3) is 11.5 Å². The first kappa shape index (κ1) is 19.4. The van der Waals surface area contributed by atoms with Crippen LogP contribution in [-0.4, -0.2) is 45.3 Å². The van der Waals surface area contributed by atoms with Crippen molar-refractivity contribution >= 4 is 17.7 Å². The quantitative estimate of drug-likeness (QED) is 0.798. The molecule has 2 aromatic rings. The number of benzene rings is 1. The molecular weight excluding hydrogens is 373 g/mol. The fourth-order valence-corrected chi connectivity index (χ4v) is 3.73. The van der Waals surface area contributed by atoms with E-state index in [1.807, 2.05) is 6.26 Å². The van der Waals surface area contributed by atoms with E-state index in [4.69, 9.17) is 4.74 Å². The minimum Gasteiger partial charge on any atom is -0.501 e. The van der Waals surface area contributed by atoms with Crippen molar-refractivity contribution < 1.29 is 19.0 Å². The van der Waals surface area contributed by atoms with Crippen LogP contribution in [0.1, 0.15) is 27.8 Å². The number of carbonyl (C=O) groups excluding carboxylic acids is 1. The molecule has 1 aromatic carbocycles. The lowest BCUT2D eigenvalue weighted by molar-refractivity contribution is 0.0941. The first-order valence-electron chi connectivity index (χ1n) is 8.35. The monoisotopic (exact) mass is 393 g/mol. The molecule has 2 heterocycles. The third-order valence-electron chi connectivity index (χ3n) is 4.55. The molecule has 27 heavy (non-hydrogen) atoms. The maximum atomic E-state index is 13.0. The van der Waals surface area contributed by atoms with E-state index in [-0.39, 0.29) is 29.2 Å². The Morgan fingerprint density at radius 1 is 1.41 bits per heavy atom. The van der Waals surface area contributed by atoms with Crippen LogP contribution >= 0.6 is 11.8 Å². The fourth-order valence-electron chi connectivity index (χ4n) is 2.97. The first-order valence-corrected chi connectivity index (χ1v) is 9.64. The van der Waals surface area contributed by atoms with Gasteiger partial charge in [-0.15, -0.1) is 0 Å². The van der Waals surface area contributed by atoms with Gasteiger partial charge in [0, 0.05) is 18.8 Å². The van der Waals surface area contributed by atoms with Gasteiger partial charge in [0.2, 0.25) is 5.75 Å². The number of nitrogens with one attached hydrogen (secondary N) is 1. The summed E-state index contributed by atoms with van der Waals surface area (Å²) in [5, 5.41) is 12.8. The van der Waals surface area contributed by atoms with Crippen molar-refractivity contribution in [3.8, 4) is 5.75 Å². The lowest BCUT2D eigenvalue weighted by Gasteiger charge is -2.19. The average molecular weight is 393 g/mol. The molecule has 1 aromatic heterocycles. The third kappa shape index (κ3) is 3.98. The van der Waals surface area contributed by atoms with Gasteiger partial charge in [-0.25, -0.2) is 9.37 Å². The van der Waals surface area contributed by atoms with Crippen LogP contribution in [0.3, 0.4) is 0 Å². The second kappa shape index (κ2) is 8.10. The summed E-state index contributed by atoms with van der Waals surface area (Å²) in [6.45, 7) is 1.05. The molecule has 2 N–H and O–H groups in total. The number of ether oxygens (including phenoxy) is 1. The number of thioether (sulfide) groups is 1. The number of rotatable bonds is 5. The number of hydrogen-bond donors (Lipinski definition) is 2. The summed E-state index contributed by atoms with van der Waals surface area (Å²) < 4.78 is 19.7. The van der Waals surface area contributed by atoms with E-state index in [0.717, 1.165) is 0 Å². The molecule has 0 spiro atoms. The molecule has 0 saturated carbocycles. The van der Waals surface area contributed by atoms with Gasteiger partial charge in [0.15, 0.2) is 5.69 Å². The van der Waals surface area contributed by atoms with Gasteiger partial charge in [-0.1, -0.05) is 12.1 Å². The van der Waals surface area contributed by atoms with E-state index >= 15 is 0 Å². The minimum atomic E-state index is -0.697. The second-order valence-electron chi connectivity index (χ2n) is 6.26. The van der Waals surface area contributed by atoms with Gasteiger partial charge in [-0.3, -0.25) is 14.2 Å². The molecule has 7 nitrogen and oxygen atoms in total. The normalized spacial score (nSPS) is 19.2. The zero-order chi connectivity index (χ0) is 19.6. The smallest absolute Gasteiger partial charge is 0.296 e. The first-order chi connectivity index (χ1) is 12.9. The van der Waals surface area contributed by atoms with Gasteiger partial charge < -0.3 is 15.2 Å². The van der Waals surface area contributed by atoms with E-state index in [1.54, 1.807) is 11.8 Å². The highest BCUT2D eigenvalue weighted by molar-refractivity contribution is 7.99. The standard InChI is InChI=1S/C18H20FN3O4S/c1-22-16(12-8-26-9-13(12)27-2)21-14(15(23)18(22)25)17(24)20-7-10-3-5-11(19)6-4-10/h3-6,12-13,23H,7-9H2,1-2H3,(H,20,24)/t12-,13-/m0/s1. The van der Waals surface area contributed by atoms with Crippen molar-refractivity contribution in [2.24, 2.45) is 7.05 Å². The van der Waals surface area contributed by atoms with Gasteiger partial charge in [0.1, 0.15) is 11.6 Å². The number of halogens is 1. The zero-order valence-electron chi connectivity index (χ0n) is 14.9. The van der Waals surface area contributed by atoms with Crippen LogP contribution < -0.4 is 10.9 Å². The SMILES string of the molecule is CS[C@H]1COC[C@@H]1c1nc(C(=O)NCc2ccc(F)cc2)c(O)c(=O)n1C. The Kier molecular flexibility index (Phi) is 5.81. The van der Waals surface area contributed by atoms with Crippen LogP contribution in [0.25, 0.3) is 0 Å². The zero-order valence-corrected chi connectivity index (χ0v) is 15.8. The van der Waals surface area contributed by atoms with Crippen molar-refractivity contribution in [3.05, 3.63) is 57.5 Å². The molecule has 0 aliphatic carbocycles. The van der Waals surface area contributed by atoms with Crippen molar-refractivity contribution in [1.82, 2.24) is 14.9 Å². The Bertz CT molecular complexity index is 901. The van der Waals surface area contributed by atoms with E-state index in [2.05, 4.69) is 10.3 Å². The summed E-state index contributed by atoms with van der Waals surface area (Å²) in [4.78, 5) is 29.2. The molecule has 1 saturated heterocycles. The maximum Gasteiger partial charge on any atom is 0.296 e. The largest absolute Gasteiger partial charge is 0.501 e. The Balaban J connectivity index is 1.87. The summed E-state index contributed by atoms with van der Waals surface area (Å²) in [7, 11) is 1.51. The molecule has 1 aliphatic rings. The highest BCUT2D eigenvalue weighted by atomic mass is 32.2. The Morgan fingerprint density at radius 2 is 2.11 bits per heavy atom. The second-order valence-corrected chi connectivity index (χ2v) is 7.34. The summed E-state index contributed by atoms with van der Waals surface area (Å²) in [5.74, 6) is -1.49.